The van der Waals surface area contributed by atoms with E-state index in [1.54, 1.807) is 11.3 Å². The Morgan fingerprint density at radius 1 is 1.13 bits per heavy atom. The van der Waals surface area contributed by atoms with Gasteiger partial charge in [0.2, 0.25) is 0 Å². The molecule has 0 spiro atoms. The van der Waals surface area contributed by atoms with Crippen LogP contribution in [0.4, 0.5) is 0 Å². The molecule has 0 aliphatic heterocycles. The lowest BCUT2D eigenvalue weighted by molar-refractivity contribution is -0.136. The van der Waals surface area contributed by atoms with Gasteiger partial charge in [-0.05, 0) is 47.2 Å². The van der Waals surface area contributed by atoms with E-state index in [0.29, 0.717) is 6.42 Å². The molecule has 0 amide bonds. The van der Waals surface area contributed by atoms with E-state index in [9.17, 15) is 4.79 Å². The number of aliphatic carboxylic acids is 1. The number of thiophene rings is 1. The molecule has 2 aromatic carbocycles. The van der Waals surface area contributed by atoms with Crippen molar-refractivity contribution >= 4 is 38.3 Å². The SMILES string of the molecule is O=C(O)CCc1c[nH]c2ccc(-c3cc4ccccc4s3)cc12. The lowest BCUT2D eigenvalue weighted by Crippen LogP contribution is -1.96. The molecule has 0 aliphatic carbocycles. The number of carbonyl (C=O) groups is 1. The van der Waals surface area contributed by atoms with E-state index in [1.165, 1.54) is 20.5 Å². The molecule has 2 N–H and O–H groups in total. The van der Waals surface area contributed by atoms with Crippen LogP contribution in [0.15, 0.2) is 54.7 Å². The van der Waals surface area contributed by atoms with E-state index >= 15 is 0 Å². The van der Waals surface area contributed by atoms with Crippen molar-refractivity contribution in [3.05, 3.63) is 60.3 Å². The number of nitrogens with one attached hydrogen (secondary N) is 1. The van der Waals surface area contributed by atoms with Crippen LogP contribution in [0.2, 0.25) is 0 Å². The topological polar surface area (TPSA) is 53.1 Å². The van der Waals surface area contributed by atoms with Crippen molar-refractivity contribution in [3.63, 3.8) is 0 Å². The van der Waals surface area contributed by atoms with Gasteiger partial charge in [0, 0.05) is 33.1 Å². The van der Waals surface area contributed by atoms with Crippen LogP contribution in [-0.2, 0) is 11.2 Å². The summed E-state index contributed by atoms with van der Waals surface area (Å²) in [5.74, 6) is -0.764. The number of aryl methyl sites for hydroxylation is 1. The molecule has 2 heterocycles. The first-order chi connectivity index (χ1) is 11.2. The van der Waals surface area contributed by atoms with Crippen LogP contribution in [-0.4, -0.2) is 16.1 Å². The molecule has 0 saturated heterocycles. The number of rotatable bonds is 4. The fourth-order valence-corrected chi connectivity index (χ4v) is 3.96. The summed E-state index contributed by atoms with van der Waals surface area (Å²) in [6.45, 7) is 0. The first-order valence-corrected chi connectivity index (χ1v) is 8.33. The van der Waals surface area contributed by atoms with E-state index in [1.807, 2.05) is 6.20 Å². The maximum absolute atomic E-state index is 10.8. The molecule has 2 aromatic heterocycles. The highest BCUT2D eigenvalue weighted by atomic mass is 32.1. The summed E-state index contributed by atoms with van der Waals surface area (Å²) >= 11 is 1.78. The molecule has 0 aliphatic rings. The largest absolute Gasteiger partial charge is 0.481 e. The van der Waals surface area contributed by atoms with E-state index in [4.69, 9.17) is 5.11 Å². The zero-order valence-corrected chi connectivity index (χ0v) is 13.2. The van der Waals surface area contributed by atoms with E-state index in [0.717, 1.165) is 16.5 Å². The molecule has 0 atom stereocenters. The Hall–Kier alpha value is -2.59. The number of H-pyrrole nitrogens is 1. The van der Waals surface area contributed by atoms with E-state index < -0.39 is 5.97 Å². The molecule has 4 rings (SSSR count). The number of aromatic amines is 1. The summed E-state index contributed by atoms with van der Waals surface area (Å²) in [5.41, 5.74) is 3.29. The van der Waals surface area contributed by atoms with Gasteiger partial charge in [-0.25, -0.2) is 0 Å². The Bertz CT molecular complexity index is 979. The van der Waals surface area contributed by atoms with Gasteiger partial charge in [-0.2, -0.15) is 0 Å². The molecule has 0 fully saturated rings. The number of benzene rings is 2. The van der Waals surface area contributed by atoms with Crippen molar-refractivity contribution in [1.29, 1.82) is 0 Å². The Kier molecular flexibility index (Phi) is 3.39. The average molecular weight is 321 g/mol. The maximum Gasteiger partial charge on any atom is 0.303 e. The van der Waals surface area contributed by atoms with Crippen molar-refractivity contribution in [2.45, 2.75) is 12.8 Å². The van der Waals surface area contributed by atoms with Gasteiger partial charge in [0.15, 0.2) is 0 Å². The second kappa shape index (κ2) is 5.56. The quantitative estimate of drug-likeness (QED) is 0.551. The van der Waals surface area contributed by atoms with E-state index in [2.05, 4.69) is 53.5 Å². The zero-order chi connectivity index (χ0) is 15.8. The van der Waals surface area contributed by atoms with Crippen molar-refractivity contribution in [3.8, 4) is 10.4 Å². The van der Waals surface area contributed by atoms with Crippen LogP contribution >= 0.6 is 11.3 Å². The normalized spacial score (nSPS) is 11.3. The molecule has 4 heteroatoms. The van der Waals surface area contributed by atoms with Gasteiger partial charge in [-0.15, -0.1) is 11.3 Å². The minimum Gasteiger partial charge on any atom is -0.481 e. The predicted octanol–water partition coefficient (Wildman–Crippen LogP) is 5.07. The summed E-state index contributed by atoms with van der Waals surface area (Å²) in [7, 11) is 0. The summed E-state index contributed by atoms with van der Waals surface area (Å²) in [4.78, 5) is 15.3. The van der Waals surface area contributed by atoms with Crippen LogP contribution in [0, 0.1) is 0 Å². The fraction of sp³-hybridized carbons (Fsp3) is 0.105. The summed E-state index contributed by atoms with van der Waals surface area (Å²) in [6, 6.07) is 16.9. The molecule has 0 radical (unpaired) electrons. The van der Waals surface area contributed by atoms with Crippen molar-refractivity contribution in [2.24, 2.45) is 0 Å². The molecule has 0 bridgehead atoms. The lowest BCUT2D eigenvalue weighted by Gasteiger charge is -2.00. The van der Waals surface area contributed by atoms with Crippen LogP contribution < -0.4 is 0 Å². The number of carboxylic acids is 1. The van der Waals surface area contributed by atoms with Gasteiger partial charge in [0.1, 0.15) is 0 Å². The molecule has 0 unspecified atom stereocenters. The van der Waals surface area contributed by atoms with E-state index in [-0.39, 0.29) is 6.42 Å². The minimum absolute atomic E-state index is 0.153. The second-order valence-electron chi connectivity index (χ2n) is 5.62. The molecular formula is C19H15NO2S. The first-order valence-electron chi connectivity index (χ1n) is 7.51. The van der Waals surface area contributed by atoms with Crippen LogP contribution in [0.1, 0.15) is 12.0 Å². The standard InChI is InChI=1S/C19H15NO2S/c21-19(22)8-6-14-11-20-16-7-5-13(9-15(14)16)18-10-12-3-1-2-4-17(12)23-18/h1-5,7,9-11,20H,6,8H2,(H,21,22). The molecule has 3 nitrogen and oxygen atoms in total. The first kappa shape index (κ1) is 14.0. The molecule has 4 aromatic rings. The van der Waals surface area contributed by atoms with Crippen molar-refractivity contribution < 1.29 is 9.90 Å². The molecular weight excluding hydrogens is 306 g/mol. The Labute approximate surface area is 137 Å². The second-order valence-corrected chi connectivity index (χ2v) is 6.70. The average Bonchev–Trinajstić information content (AvgIpc) is 3.16. The summed E-state index contributed by atoms with van der Waals surface area (Å²) < 4.78 is 1.28. The lowest BCUT2D eigenvalue weighted by atomic mass is 10.0. The number of fused-ring (bicyclic) bond motifs is 2. The third-order valence-electron chi connectivity index (χ3n) is 4.09. The highest BCUT2D eigenvalue weighted by Gasteiger charge is 2.09. The van der Waals surface area contributed by atoms with Crippen LogP contribution in [0.5, 0.6) is 0 Å². The van der Waals surface area contributed by atoms with Crippen LogP contribution in [0.3, 0.4) is 0 Å². The summed E-state index contributed by atoms with van der Waals surface area (Å²) in [5, 5.41) is 11.3. The predicted molar refractivity (Wildman–Crippen MR) is 95.1 cm³/mol. The Balaban J connectivity index is 1.77. The zero-order valence-electron chi connectivity index (χ0n) is 12.4. The highest BCUT2D eigenvalue weighted by molar-refractivity contribution is 7.22. The van der Waals surface area contributed by atoms with Gasteiger partial charge >= 0.3 is 5.97 Å². The minimum atomic E-state index is -0.764. The van der Waals surface area contributed by atoms with Gasteiger partial charge in [0.05, 0.1) is 0 Å². The highest BCUT2D eigenvalue weighted by Crippen LogP contribution is 2.35. The fourth-order valence-electron chi connectivity index (χ4n) is 2.90. The molecule has 23 heavy (non-hydrogen) atoms. The Morgan fingerprint density at radius 3 is 2.83 bits per heavy atom. The number of carboxylic acid groups (broad SMARTS) is 1. The van der Waals surface area contributed by atoms with Crippen molar-refractivity contribution in [2.75, 3.05) is 0 Å². The number of hydrogen-bond donors (Lipinski definition) is 2. The van der Waals surface area contributed by atoms with Gasteiger partial charge in [-0.1, -0.05) is 24.3 Å². The maximum atomic E-state index is 10.8. The Morgan fingerprint density at radius 2 is 2.00 bits per heavy atom. The number of hydrogen-bond acceptors (Lipinski definition) is 2. The third-order valence-corrected chi connectivity index (χ3v) is 5.25. The van der Waals surface area contributed by atoms with Gasteiger partial charge < -0.3 is 10.1 Å². The third kappa shape index (κ3) is 2.62. The van der Waals surface area contributed by atoms with Crippen molar-refractivity contribution in [1.82, 2.24) is 4.98 Å². The monoisotopic (exact) mass is 321 g/mol. The molecule has 0 saturated carbocycles. The molecule has 114 valence electrons. The van der Waals surface area contributed by atoms with Gasteiger partial charge in [-0.3, -0.25) is 4.79 Å². The number of aromatic nitrogens is 1. The summed E-state index contributed by atoms with van der Waals surface area (Å²) in [6.07, 6.45) is 2.62. The van der Waals surface area contributed by atoms with Gasteiger partial charge in [0.25, 0.3) is 0 Å². The van der Waals surface area contributed by atoms with Crippen LogP contribution in [0.25, 0.3) is 31.4 Å². The smallest absolute Gasteiger partial charge is 0.303 e.